The zero-order valence-corrected chi connectivity index (χ0v) is 12.1. The fraction of sp³-hybridized carbons (Fsp3) is 0.167. The van der Waals surface area contributed by atoms with Crippen LogP contribution in [0.2, 0.25) is 0 Å². The second-order valence-corrected chi connectivity index (χ2v) is 5.60. The maximum Gasteiger partial charge on any atom is 0.244 e. The van der Waals surface area contributed by atoms with Crippen LogP contribution in [0.3, 0.4) is 0 Å². The Labute approximate surface area is 117 Å². The molecule has 0 aliphatic heterocycles. The number of aromatic nitrogens is 1. The average molecular weight is 326 g/mol. The number of benzene rings is 1. The minimum Gasteiger partial charge on any atom is -0.325 e. The first kappa shape index (κ1) is 13.0. The Morgan fingerprint density at radius 3 is 2.94 bits per heavy atom. The molecule has 0 unspecified atom stereocenters. The lowest BCUT2D eigenvalue weighted by atomic mass is 10.2. The van der Waals surface area contributed by atoms with Crippen LogP contribution in [0, 0.1) is 12.3 Å². The standard InChI is InChI=1S/C12H12BrN3OS/c1-8-6-9(2-3-10(8)13)15-11(17)7-16-4-5-18-12(16)14/h2-6,14H,7H2,1H3,(H,15,17). The van der Waals surface area contributed by atoms with Crippen LogP contribution in [0.4, 0.5) is 5.69 Å². The summed E-state index contributed by atoms with van der Waals surface area (Å²) in [5.74, 6) is -0.131. The number of hydrogen-bond donors (Lipinski definition) is 2. The van der Waals surface area contributed by atoms with E-state index in [0.29, 0.717) is 4.80 Å². The molecule has 0 saturated carbocycles. The molecule has 0 aliphatic rings. The van der Waals surface area contributed by atoms with Crippen molar-refractivity contribution in [2.45, 2.75) is 13.5 Å². The van der Waals surface area contributed by atoms with Crippen molar-refractivity contribution in [1.29, 1.82) is 5.41 Å². The lowest BCUT2D eigenvalue weighted by Crippen LogP contribution is -2.23. The Hall–Kier alpha value is -1.40. The fourth-order valence-electron chi connectivity index (χ4n) is 1.51. The zero-order chi connectivity index (χ0) is 13.1. The fourth-order valence-corrected chi connectivity index (χ4v) is 2.35. The smallest absolute Gasteiger partial charge is 0.244 e. The Bertz CT molecular complexity index is 632. The van der Waals surface area contributed by atoms with Gasteiger partial charge in [0, 0.05) is 21.7 Å². The number of nitrogens with one attached hydrogen (secondary N) is 2. The molecule has 1 heterocycles. The number of carbonyl (C=O) groups excluding carboxylic acids is 1. The van der Waals surface area contributed by atoms with Crippen molar-refractivity contribution >= 4 is 38.9 Å². The zero-order valence-electron chi connectivity index (χ0n) is 9.74. The molecule has 94 valence electrons. The largest absolute Gasteiger partial charge is 0.325 e. The molecule has 0 fully saturated rings. The van der Waals surface area contributed by atoms with E-state index in [1.54, 1.807) is 16.1 Å². The van der Waals surface area contributed by atoms with Gasteiger partial charge in [0.1, 0.15) is 6.54 Å². The monoisotopic (exact) mass is 325 g/mol. The normalized spacial score (nSPS) is 10.3. The van der Waals surface area contributed by atoms with E-state index in [4.69, 9.17) is 5.41 Å². The van der Waals surface area contributed by atoms with Crippen molar-refractivity contribution in [3.8, 4) is 0 Å². The number of halogens is 1. The third kappa shape index (κ3) is 3.08. The van der Waals surface area contributed by atoms with Crippen LogP contribution < -0.4 is 10.1 Å². The number of carbonyl (C=O) groups is 1. The van der Waals surface area contributed by atoms with Gasteiger partial charge in [0.05, 0.1) is 0 Å². The first-order valence-corrected chi connectivity index (χ1v) is 6.98. The Balaban J connectivity index is 2.05. The summed E-state index contributed by atoms with van der Waals surface area (Å²) in [6.45, 7) is 2.13. The Morgan fingerprint density at radius 2 is 2.33 bits per heavy atom. The van der Waals surface area contributed by atoms with Gasteiger partial charge < -0.3 is 9.88 Å². The molecule has 18 heavy (non-hydrogen) atoms. The molecule has 0 atom stereocenters. The predicted molar refractivity (Wildman–Crippen MR) is 75.7 cm³/mol. The van der Waals surface area contributed by atoms with Gasteiger partial charge in [0.2, 0.25) is 5.91 Å². The van der Waals surface area contributed by atoms with E-state index in [9.17, 15) is 4.79 Å². The van der Waals surface area contributed by atoms with E-state index in [0.717, 1.165) is 15.7 Å². The van der Waals surface area contributed by atoms with Crippen LogP contribution in [0.1, 0.15) is 5.56 Å². The molecule has 2 rings (SSSR count). The highest BCUT2D eigenvalue weighted by Crippen LogP contribution is 2.19. The number of hydrogen-bond acceptors (Lipinski definition) is 3. The topological polar surface area (TPSA) is 57.9 Å². The first-order chi connectivity index (χ1) is 8.56. The Morgan fingerprint density at radius 1 is 1.56 bits per heavy atom. The molecule has 0 bridgehead atoms. The average Bonchev–Trinajstić information content (AvgIpc) is 2.70. The maximum absolute atomic E-state index is 11.8. The number of anilines is 1. The van der Waals surface area contributed by atoms with Crippen LogP contribution in [-0.2, 0) is 11.3 Å². The lowest BCUT2D eigenvalue weighted by Gasteiger charge is -2.07. The van der Waals surface area contributed by atoms with Crippen molar-refractivity contribution in [3.05, 3.63) is 44.6 Å². The molecule has 1 aromatic carbocycles. The summed E-state index contributed by atoms with van der Waals surface area (Å²) in [5.41, 5.74) is 1.83. The van der Waals surface area contributed by atoms with Crippen LogP contribution in [0.5, 0.6) is 0 Å². The van der Waals surface area contributed by atoms with Gasteiger partial charge in [-0.3, -0.25) is 10.2 Å². The molecule has 6 heteroatoms. The number of aryl methyl sites for hydroxylation is 1. The number of rotatable bonds is 3. The molecule has 2 N–H and O–H groups in total. The third-order valence-corrected chi connectivity index (χ3v) is 4.04. The lowest BCUT2D eigenvalue weighted by molar-refractivity contribution is -0.116. The van der Waals surface area contributed by atoms with E-state index in [2.05, 4.69) is 21.2 Å². The van der Waals surface area contributed by atoms with Crippen molar-refractivity contribution in [2.75, 3.05) is 5.32 Å². The van der Waals surface area contributed by atoms with E-state index in [-0.39, 0.29) is 12.5 Å². The highest BCUT2D eigenvalue weighted by Gasteiger charge is 2.05. The second-order valence-electron chi connectivity index (χ2n) is 3.85. The van der Waals surface area contributed by atoms with Gasteiger partial charge >= 0.3 is 0 Å². The van der Waals surface area contributed by atoms with E-state index in [1.165, 1.54) is 11.3 Å². The van der Waals surface area contributed by atoms with Gasteiger partial charge in [-0.1, -0.05) is 15.9 Å². The molecule has 4 nitrogen and oxygen atoms in total. The van der Waals surface area contributed by atoms with Crippen molar-refractivity contribution in [1.82, 2.24) is 4.57 Å². The minimum absolute atomic E-state index is 0.131. The Kier molecular flexibility index (Phi) is 3.98. The van der Waals surface area contributed by atoms with E-state index in [1.807, 2.05) is 25.1 Å². The number of thiazole rings is 1. The van der Waals surface area contributed by atoms with E-state index < -0.39 is 0 Å². The van der Waals surface area contributed by atoms with Gasteiger partial charge in [-0.05, 0) is 30.7 Å². The minimum atomic E-state index is -0.131. The highest BCUT2D eigenvalue weighted by atomic mass is 79.9. The molecule has 0 saturated heterocycles. The second kappa shape index (κ2) is 5.49. The quantitative estimate of drug-likeness (QED) is 0.895. The summed E-state index contributed by atoms with van der Waals surface area (Å²) in [5, 5.41) is 12.2. The third-order valence-electron chi connectivity index (χ3n) is 2.44. The summed E-state index contributed by atoms with van der Waals surface area (Å²) in [7, 11) is 0. The van der Waals surface area contributed by atoms with Gasteiger partial charge in [0.15, 0.2) is 4.80 Å². The number of nitrogens with zero attached hydrogens (tertiary/aromatic N) is 1. The van der Waals surface area contributed by atoms with Crippen LogP contribution in [-0.4, -0.2) is 10.5 Å². The summed E-state index contributed by atoms with van der Waals surface area (Å²) < 4.78 is 2.62. The van der Waals surface area contributed by atoms with Gasteiger partial charge in [-0.15, -0.1) is 11.3 Å². The number of amides is 1. The summed E-state index contributed by atoms with van der Waals surface area (Å²) in [6.07, 6.45) is 1.74. The molecule has 0 radical (unpaired) electrons. The predicted octanol–water partition coefficient (Wildman–Crippen LogP) is 2.74. The highest BCUT2D eigenvalue weighted by molar-refractivity contribution is 9.10. The van der Waals surface area contributed by atoms with Crippen molar-refractivity contribution < 1.29 is 4.79 Å². The molecule has 0 aliphatic carbocycles. The molecule has 2 aromatic rings. The van der Waals surface area contributed by atoms with E-state index >= 15 is 0 Å². The first-order valence-electron chi connectivity index (χ1n) is 5.31. The molecule has 1 aromatic heterocycles. The summed E-state index contributed by atoms with van der Waals surface area (Å²) in [6, 6.07) is 5.65. The van der Waals surface area contributed by atoms with Gasteiger partial charge in [0.25, 0.3) is 0 Å². The molecular weight excluding hydrogens is 314 g/mol. The van der Waals surface area contributed by atoms with Crippen LogP contribution >= 0.6 is 27.3 Å². The maximum atomic E-state index is 11.8. The van der Waals surface area contributed by atoms with Crippen LogP contribution in [0.15, 0.2) is 34.2 Å². The molecule has 0 spiro atoms. The van der Waals surface area contributed by atoms with Crippen LogP contribution in [0.25, 0.3) is 0 Å². The van der Waals surface area contributed by atoms with Gasteiger partial charge in [-0.25, -0.2) is 0 Å². The SMILES string of the molecule is Cc1cc(NC(=O)Cn2ccsc2=N)ccc1Br. The summed E-state index contributed by atoms with van der Waals surface area (Å²) >= 11 is 4.71. The van der Waals surface area contributed by atoms with Crippen molar-refractivity contribution in [2.24, 2.45) is 0 Å². The summed E-state index contributed by atoms with van der Waals surface area (Å²) in [4.78, 5) is 12.2. The van der Waals surface area contributed by atoms with Crippen molar-refractivity contribution in [3.63, 3.8) is 0 Å². The molecular formula is C12H12BrN3OS. The molecule has 1 amide bonds. The van der Waals surface area contributed by atoms with Gasteiger partial charge in [-0.2, -0.15) is 0 Å².